The van der Waals surface area contributed by atoms with Crippen molar-refractivity contribution in [3.8, 4) is 17.2 Å². The number of amides is 1. The zero-order chi connectivity index (χ0) is 21.4. The number of aromatic nitrogens is 3. The van der Waals surface area contributed by atoms with E-state index in [9.17, 15) is 9.59 Å². The Morgan fingerprint density at radius 1 is 1.20 bits per heavy atom. The highest BCUT2D eigenvalue weighted by Gasteiger charge is 2.26. The minimum atomic E-state index is -0.409. The predicted octanol–water partition coefficient (Wildman–Crippen LogP) is 2.62. The molecule has 30 heavy (non-hydrogen) atoms. The number of aryl methyl sites for hydroxylation is 2. The molecule has 3 heterocycles. The topological polar surface area (TPSA) is 99.7 Å². The maximum atomic E-state index is 13.4. The summed E-state index contributed by atoms with van der Waals surface area (Å²) in [5.41, 5.74) is 0.873. The SMILES string of the molecule is Cc1nc(CN(C(=O)c2c(C)ccn(-c3ccc4c(c3)OCO4)c2=O)C(C)C)no1. The molecule has 1 amide bonds. The second-order valence-electron chi connectivity index (χ2n) is 7.34. The Bertz CT molecular complexity index is 1160. The summed E-state index contributed by atoms with van der Waals surface area (Å²) >= 11 is 0. The third kappa shape index (κ3) is 3.54. The van der Waals surface area contributed by atoms with Crippen LogP contribution in [-0.2, 0) is 6.54 Å². The fourth-order valence-corrected chi connectivity index (χ4v) is 3.32. The van der Waals surface area contributed by atoms with E-state index in [2.05, 4.69) is 10.1 Å². The highest BCUT2D eigenvalue weighted by Crippen LogP contribution is 2.33. The molecule has 4 rings (SSSR count). The van der Waals surface area contributed by atoms with Crippen LogP contribution < -0.4 is 15.0 Å². The molecule has 156 valence electrons. The standard InChI is InChI=1S/C21H22N4O5/c1-12(2)25(10-18-22-14(4)30-23-18)21(27)19-13(3)7-8-24(20(19)26)15-5-6-16-17(9-15)29-11-28-16/h5-9,12H,10-11H2,1-4H3. The first kappa shape index (κ1) is 19.7. The molecule has 0 atom stereocenters. The molecule has 2 aromatic heterocycles. The molecule has 3 aromatic rings. The molecule has 0 unspecified atom stereocenters. The number of pyridine rings is 1. The monoisotopic (exact) mass is 410 g/mol. The average molecular weight is 410 g/mol. The maximum Gasteiger partial charge on any atom is 0.268 e. The van der Waals surface area contributed by atoms with Crippen LogP contribution in [0.3, 0.4) is 0 Å². The summed E-state index contributed by atoms with van der Waals surface area (Å²) < 4.78 is 17.2. The molecule has 0 radical (unpaired) electrons. The average Bonchev–Trinajstić information content (AvgIpc) is 3.33. The summed E-state index contributed by atoms with van der Waals surface area (Å²) in [7, 11) is 0. The Labute approximate surface area is 172 Å². The fraction of sp³-hybridized carbons (Fsp3) is 0.333. The zero-order valence-electron chi connectivity index (χ0n) is 17.2. The molecule has 0 aliphatic carbocycles. The lowest BCUT2D eigenvalue weighted by atomic mass is 10.1. The minimum Gasteiger partial charge on any atom is -0.454 e. The molecule has 0 saturated heterocycles. The number of benzene rings is 1. The van der Waals surface area contributed by atoms with E-state index in [1.807, 2.05) is 13.8 Å². The summed E-state index contributed by atoms with van der Waals surface area (Å²) in [6.07, 6.45) is 1.65. The summed E-state index contributed by atoms with van der Waals surface area (Å²) in [6.45, 7) is 7.47. The van der Waals surface area contributed by atoms with Gasteiger partial charge in [0.1, 0.15) is 5.56 Å². The summed E-state index contributed by atoms with van der Waals surface area (Å²) in [5, 5.41) is 3.87. The Morgan fingerprint density at radius 3 is 2.67 bits per heavy atom. The number of hydrogen-bond acceptors (Lipinski definition) is 7. The van der Waals surface area contributed by atoms with Crippen molar-refractivity contribution in [2.24, 2.45) is 0 Å². The van der Waals surface area contributed by atoms with Crippen molar-refractivity contribution < 1.29 is 18.8 Å². The molecular weight excluding hydrogens is 388 g/mol. The van der Waals surface area contributed by atoms with Crippen molar-refractivity contribution >= 4 is 5.91 Å². The third-order valence-corrected chi connectivity index (χ3v) is 4.91. The molecule has 0 bridgehead atoms. The number of carbonyl (C=O) groups excluding carboxylic acids is 1. The minimum absolute atomic E-state index is 0.101. The van der Waals surface area contributed by atoms with Gasteiger partial charge in [-0.3, -0.25) is 14.2 Å². The molecule has 1 aliphatic rings. The maximum absolute atomic E-state index is 13.4. The lowest BCUT2D eigenvalue weighted by Crippen LogP contribution is -2.41. The first-order chi connectivity index (χ1) is 14.3. The van der Waals surface area contributed by atoms with Crippen LogP contribution in [0.5, 0.6) is 11.5 Å². The van der Waals surface area contributed by atoms with Crippen LogP contribution in [0.25, 0.3) is 5.69 Å². The zero-order valence-corrected chi connectivity index (χ0v) is 17.2. The number of carbonyl (C=O) groups is 1. The van der Waals surface area contributed by atoms with Crippen molar-refractivity contribution in [2.45, 2.75) is 40.3 Å². The number of rotatable bonds is 5. The molecule has 9 nitrogen and oxygen atoms in total. The van der Waals surface area contributed by atoms with Gasteiger partial charge in [0.15, 0.2) is 17.3 Å². The molecule has 9 heteroatoms. The van der Waals surface area contributed by atoms with Crippen molar-refractivity contribution in [3.63, 3.8) is 0 Å². The lowest BCUT2D eigenvalue weighted by Gasteiger charge is -2.26. The van der Waals surface area contributed by atoms with Crippen LogP contribution >= 0.6 is 0 Å². The second-order valence-corrected chi connectivity index (χ2v) is 7.34. The van der Waals surface area contributed by atoms with Crippen LogP contribution in [0.15, 0.2) is 39.8 Å². The van der Waals surface area contributed by atoms with Crippen LogP contribution in [0.2, 0.25) is 0 Å². The molecule has 0 N–H and O–H groups in total. The Morgan fingerprint density at radius 2 is 1.97 bits per heavy atom. The third-order valence-electron chi connectivity index (χ3n) is 4.91. The molecule has 0 saturated carbocycles. The highest BCUT2D eigenvalue weighted by atomic mass is 16.7. The first-order valence-corrected chi connectivity index (χ1v) is 9.57. The van der Waals surface area contributed by atoms with Gasteiger partial charge in [-0.15, -0.1) is 0 Å². The van der Waals surface area contributed by atoms with Crippen molar-refractivity contribution in [3.05, 3.63) is 63.7 Å². The van der Waals surface area contributed by atoms with Crippen molar-refractivity contribution in [1.82, 2.24) is 19.6 Å². The fourth-order valence-electron chi connectivity index (χ4n) is 3.32. The molecular formula is C21H22N4O5. The van der Waals surface area contributed by atoms with Crippen LogP contribution in [0.1, 0.15) is 41.5 Å². The number of nitrogens with zero attached hydrogens (tertiary/aromatic N) is 4. The van der Waals surface area contributed by atoms with E-state index >= 15 is 0 Å². The van der Waals surface area contributed by atoms with Gasteiger partial charge >= 0.3 is 0 Å². The smallest absolute Gasteiger partial charge is 0.268 e. The van der Waals surface area contributed by atoms with Crippen LogP contribution in [-0.4, -0.2) is 38.3 Å². The van der Waals surface area contributed by atoms with Gasteiger partial charge in [-0.05, 0) is 44.5 Å². The van der Waals surface area contributed by atoms with E-state index < -0.39 is 5.56 Å². The molecule has 1 aromatic carbocycles. The van der Waals surface area contributed by atoms with Gasteiger partial charge in [-0.25, -0.2) is 0 Å². The van der Waals surface area contributed by atoms with Crippen LogP contribution in [0.4, 0.5) is 0 Å². The van der Waals surface area contributed by atoms with E-state index in [-0.39, 0.29) is 30.9 Å². The van der Waals surface area contributed by atoms with Gasteiger partial charge in [0.25, 0.3) is 11.5 Å². The predicted molar refractivity (Wildman–Crippen MR) is 107 cm³/mol. The molecule has 0 spiro atoms. The number of ether oxygens (including phenoxy) is 2. The normalized spacial score (nSPS) is 12.4. The van der Waals surface area contributed by atoms with Crippen molar-refractivity contribution in [1.29, 1.82) is 0 Å². The van der Waals surface area contributed by atoms with E-state index in [4.69, 9.17) is 14.0 Å². The Hall–Kier alpha value is -3.62. The van der Waals surface area contributed by atoms with Gasteiger partial charge in [0.2, 0.25) is 12.7 Å². The summed E-state index contributed by atoms with van der Waals surface area (Å²) in [4.78, 5) is 32.4. The number of fused-ring (bicyclic) bond motifs is 1. The van der Waals surface area contributed by atoms with E-state index in [1.165, 1.54) is 4.57 Å². The Balaban J connectivity index is 1.73. The second kappa shape index (κ2) is 7.66. The number of hydrogen-bond donors (Lipinski definition) is 0. The van der Waals surface area contributed by atoms with E-state index in [0.29, 0.717) is 34.5 Å². The quantitative estimate of drug-likeness (QED) is 0.637. The highest BCUT2D eigenvalue weighted by molar-refractivity contribution is 5.95. The van der Waals surface area contributed by atoms with E-state index in [0.717, 1.165) is 0 Å². The summed E-state index contributed by atoms with van der Waals surface area (Å²) in [6, 6.07) is 6.78. The van der Waals surface area contributed by atoms with Gasteiger partial charge in [0, 0.05) is 25.2 Å². The van der Waals surface area contributed by atoms with Gasteiger partial charge in [0.05, 0.1) is 12.2 Å². The van der Waals surface area contributed by atoms with E-state index in [1.54, 1.807) is 49.2 Å². The van der Waals surface area contributed by atoms with Gasteiger partial charge in [-0.1, -0.05) is 5.16 Å². The molecule has 0 fully saturated rings. The summed E-state index contributed by atoms with van der Waals surface area (Å²) in [5.74, 6) is 1.60. The lowest BCUT2D eigenvalue weighted by molar-refractivity contribution is 0.0680. The van der Waals surface area contributed by atoms with Gasteiger partial charge < -0.3 is 18.9 Å². The Kier molecular flexibility index (Phi) is 5.03. The largest absolute Gasteiger partial charge is 0.454 e. The van der Waals surface area contributed by atoms with Crippen molar-refractivity contribution in [2.75, 3.05) is 6.79 Å². The van der Waals surface area contributed by atoms with Crippen LogP contribution in [0, 0.1) is 13.8 Å². The van der Waals surface area contributed by atoms with Gasteiger partial charge in [-0.2, -0.15) is 4.98 Å². The molecule has 1 aliphatic heterocycles. The first-order valence-electron chi connectivity index (χ1n) is 9.57.